The van der Waals surface area contributed by atoms with E-state index in [0.29, 0.717) is 76.3 Å². The third kappa shape index (κ3) is 5.62. The van der Waals surface area contributed by atoms with E-state index in [-0.39, 0.29) is 11.8 Å². The van der Waals surface area contributed by atoms with Crippen molar-refractivity contribution in [2.24, 2.45) is 7.05 Å². The number of esters is 1. The first kappa shape index (κ1) is 27.8. The molecule has 3 heterocycles. The number of rotatable bonds is 8. The minimum Gasteiger partial charge on any atom is -0.486 e. The Bertz CT molecular complexity index is 1560. The summed E-state index contributed by atoms with van der Waals surface area (Å²) >= 11 is 0. The van der Waals surface area contributed by atoms with Crippen LogP contribution in [-0.4, -0.2) is 86.7 Å². The lowest BCUT2D eigenvalue weighted by Gasteiger charge is -2.20. The third-order valence-electron chi connectivity index (χ3n) is 6.99. The molecule has 0 bridgehead atoms. The SMILES string of the molecule is COC(=O)c1ccc2c(c1)NC(=O)C2=C(Nc1cc(C(=O)N(C)CCN(C)C)n(C)c1)c1ccc2c(c1)OCCO2. The van der Waals surface area contributed by atoms with Gasteiger partial charge in [0.1, 0.15) is 18.9 Å². The van der Waals surface area contributed by atoms with Gasteiger partial charge in [-0.05, 0) is 50.5 Å². The first-order valence-electron chi connectivity index (χ1n) is 13.2. The molecule has 2 aromatic carbocycles. The molecule has 0 spiro atoms. The number of benzene rings is 2. The zero-order valence-electron chi connectivity index (χ0n) is 23.7. The van der Waals surface area contributed by atoms with E-state index >= 15 is 0 Å². The van der Waals surface area contributed by atoms with Crippen LogP contribution < -0.4 is 20.1 Å². The summed E-state index contributed by atoms with van der Waals surface area (Å²) in [5.41, 5.74) is 4.14. The second kappa shape index (κ2) is 11.4. The molecule has 5 rings (SSSR count). The summed E-state index contributed by atoms with van der Waals surface area (Å²) in [5, 5.41) is 6.27. The van der Waals surface area contributed by atoms with Crippen LogP contribution >= 0.6 is 0 Å². The first-order chi connectivity index (χ1) is 19.7. The van der Waals surface area contributed by atoms with Gasteiger partial charge in [-0.2, -0.15) is 0 Å². The van der Waals surface area contributed by atoms with Crippen LogP contribution in [0.2, 0.25) is 0 Å². The van der Waals surface area contributed by atoms with Crippen molar-refractivity contribution in [1.29, 1.82) is 0 Å². The van der Waals surface area contributed by atoms with Gasteiger partial charge in [-0.15, -0.1) is 0 Å². The van der Waals surface area contributed by atoms with Crippen LogP contribution in [0.15, 0.2) is 48.7 Å². The first-order valence-corrected chi connectivity index (χ1v) is 13.2. The van der Waals surface area contributed by atoms with Crippen molar-refractivity contribution in [3.05, 3.63) is 71.0 Å². The number of nitrogens with one attached hydrogen (secondary N) is 2. The van der Waals surface area contributed by atoms with E-state index in [9.17, 15) is 14.4 Å². The van der Waals surface area contributed by atoms with E-state index < -0.39 is 5.97 Å². The molecular formula is C30H33N5O6. The molecule has 2 aliphatic rings. The lowest BCUT2D eigenvalue weighted by Crippen LogP contribution is -2.34. The van der Waals surface area contributed by atoms with E-state index in [1.54, 1.807) is 60.1 Å². The molecule has 41 heavy (non-hydrogen) atoms. The predicted octanol–water partition coefficient (Wildman–Crippen LogP) is 3.15. The second-order valence-corrected chi connectivity index (χ2v) is 10.2. The van der Waals surface area contributed by atoms with Gasteiger partial charge in [0.2, 0.25) is 0 Å². The zero-order chi connectivity index (χ0) is 29.3. The number of hydrogen-bond donors (Lipinski definition) is 2. The number of fused-ring (bicyclic) bond motifs is 2. The Morgan fingerprint density at radius 1 is 1.00 bits per heavy atom. The molecule has 2 aliphatic heterocycles. The number of anilines is 2. The average molecular weight is 560 g/mol. The van der Waals surface area contributed by atoms with Crippen LogP contribution in [0.5, 0.6) is 11.5 Å². The van der Waals surface area contributed by atoms with E-state index in [4.69, 9.17) is 14.2 Å². The topological polar surface area (TPSA) is 114 Å². The van der Waals surface area contributed by atoms with Crippen molar-refractivity contribution in [3.63, 3.8) is 0 Å². The Kier molecular flexibility index (Phi) is 7.71. The van der Waals surface area contributed by atoms with Gasteiger partial charge < -0.3 is 39.2 Å². The molecule has 0 fully saturated rings. The number of aryl methyl sites for hydroxylation is 1. The lowest BCUT2D eigenvalue weighted by molar-refractivity contribution is -0.110. The molecular weight excluding hydrogens is 526 g/mol. The van der Waals surface area contributed by atoms with Crippen LogP contribution in [0.1, 0.15) is 32.0 Å². The van der Waals surface area contributed by atoms with Crippen molar-refractivity contribution >= 4 is 40.4 Å². The molecule has 0 radical (unpaired) electrons. The highest BCUT2D eigenvalue weighted by molar-refractivity contribution is 6.37. The Morgan fingerprint density at radius 3 is 2.46 bits per heavy atom. The normalized spacial score (nSPS) is 14.8. The number of hydrogen-bond acceptors (Lipinski definition) is 8. The number of aromatic nitrogens is 1. The molecule has 11 heteroatoms. The molecule has 2 N–H and O–H groups in total. The standard InChI is InChI=1S/C30H33N5O6/c1-33(2)10-11-34(3)29(37)23-16-20(17-35(23)4)31-27(18-7-9-24-25(15-18)41-13-12-40-24)26-21-8-6-19(30(38)39-5)14-22(21)32-28(26)36/h6-9,14-17,31H,10-13H2,1-5H3,(H,32,36). The molecule has 0 aliphatic carbocycles. The van der Waals surface area contributed by atoms with Crippen molar-refractivity contribution in [2.75, 3.05) is 65.2 Å². The van der Waals surface area contributed by atoms with Crippen LogP contribution in [0.3, 0.4) is 0 Å². The maximum Gasteiger partial charge on any atom is 0.337 e. The molecule has 1 aromatic heterocycles. The summed E-state index contributed by atoms with van der Waals surface area (Å²) in [7, 11) is 8.81. The number of methoxy groups -OCH3 is 1. The Labute approximate surface area is 238 Å². The van der Waals surface area contributed by atoms with Gasteiger partial charge in [0.05, 0.1) is 35.3 Å². The smallest absolute Gasteiger partial charge is 0.337 e. The van der Waals surface area contributed by atoms with Crippen LogP contribution in [0.25, 0.3) is 11.3 Å². The van der Waals surface area contributed by atoms with Gasteiger partial charge in [0, 0.05) is 44.5 Å². The maximum atomic E-state index is 13.4. The predicted molar refractivity (Wildman–Crippen MR) is 155 cm³/mol. The Morgan fingerprint density at radius 2 is 1.73 bits per heavy atom. The highest BCUT2D eigenvalue weighted by atomic mass is 16.6. The summed E-state index contributed by atoms with van der Waals surface area (Å²) in [6.07, 6.45) is 1.81. The summed E-state index contributed by atoms with van der Waals surface area (Å²) in [5.74, 6) is 0.239. The molecule has 0 saturated heterocycles. The van der Waals surface area contributed by atoms with Gasteiger partial charge in [-0.1, -0.05) is 6.07 Å². The average Bonchev–Trinajstić information content (AvgIpc) is 3.50. The monoisotopic (exact) mass is 559 g/mol. The molecule has 11 nitrogen and oxygen atoms in total. The fraction of sp³-hybridized carbons (Fsp3) is 0.300. The Balaban J connectivity index is 1.57. The van der Waals surface area contributed by atoms with Crippen molar-refractivity contribution in [3.8, 4) is 11.5 Å². The summed E-state index contributed by atoms with van der Waals surface area (Å²) in [6, 6.07) is 12.2. The van der Waals surface area contributed by atoms with E-state index in [2.05, 4.69) is 10.6 Å². The van der Waals surface area contributed by atoms with E-state index in [1.807, 2.05) is 31.1 Å². The zero-order valence-corrected chi connectivity index (χ0v) is 23.7. The van der Waals surface area contributed by atoms with Crippen LogP contribution in [-0.2, 0) is 16.6 Å². The van der Waals surface area contributed by atoms with E-state index in [1.165, 1.54) is 7.11 Å². The van der Waals surface area contributed by atoms with Gasteiger partial charge in [0.25, 0.3) is 11.8 Å². The van der Waals surface area contributed by atoms with Crippen molar-refractivity contribution in [1.82, 2.24) is 14.4 Å². The number of likely N-dealkylation sites (N-methyl/N-ethyl adjacent to an activating group) is 2. The third-order valence-corrected chi connectivity index (χ3v) is 6.99. The minimum absolute atomic E-state index is 0.116. The molecule has 2 amide bonds. The lowest BCUT2D eigenvalue weighted by atomic mass is 9.98. The Hall–Kier alpha value is -4.77. The van der Waals surface area contributed by atoms with Gasteiger partial charge in [0.15, 0.2) is 11.5 Å². The second-order valence-electron chi connectivity index (χ2n) is 10.2. The number of nitrogens with zero attached hydrogens (tertiary/aromatic N) is 3. The molecule has 0 saturated carbocycles. The van der Waals surface area contributed by atoms with Crippen LogP contribution in [0, 0.1) is 0 Å². The summed E-state index contributed by atoms with van der Waals surface area (Å²) in [6.45, 7) is 2.20. The number of carbonyl (C=O) groups excluding carboxylic acids is 3. The van der Waals surface area contributed by atoms with Crippen molar-refractivity contribution in [2.45, 2.75) is 0 Å². The fourth-order valence-corrected chi connectivity index (χ4v) is 4.78. The number of ether oxygens (including phenoxy) is 3. The van der Waals surface area contributed by atoms with Crippen LogP contribution in [0.4, 0.5) is 11.4 Å². The number of amides is 2. The molecule has 214 valence electrons. The fourth-order valence-electron chi connectivity index (χ4n) is 4.78. The molecule has 3 aromatic rings. The summed E-state index contributed by atoms with van der Waals surface area (Å²) in [4.78, 5) is 42.4. The van der Waals surface area contributed by atoms with Crippen molar-refractivity contribution < 1.29 is 28.6 Å². The van der Waals surface area contributed by atoms with Gasteiger partial charge in [-0.3, -0.25) is 9.59 Å². The highest BCUT2D eigenvalue weighted by Crippen LogP contribution is 2.40. The largest absolute Gasteiger partial charge is 0.486 e. The molecule has 0 atom stereocenters. The van der Waals surface area contributed by atoms with E-state index in [0.717, 1.165) is 6.54 Å². The summed E-state index contributed by atoms with van der Waals surface area (Å²) < 4.78 is 18.1. The quantitative estimate of drug-likeness (QED) is 0.320. The minimum atomic E-state index is -0.498. The molecule has 0 unspecified atom stereocenters. The number of carbonyl (C=O) groups is 3. The van der Waals surface area contributed by atoms with Gasteiger partial charge in [-0.25, -0.2) is 4.79 Å². The van der Waals surface area contributed by atoms with Gasteiger partial charge >= 0.3 is 5.97 Å². The highest BCUT2D eigenvalue weighted by Gasteiger charge is 2.30. The maximum absolute atomic E-state index is 13.4.